The maximum atomic E-state index is 12.7. The number of amides is 1. The average molecular weight is 288 g/mol. The first-order valence-corrected chi connectivity index (χ1v) is 6.63. The number of benzene rings is 2. The Hall–Kier alpha value is -2.56. The van der Waals surface area contributed by atoms with E-state index >= 15 is 0 Å². The summed E-state index contributed by atoms with van der Waals surface area (Å²) >= 11 is 0. The molecule has 21 heavy (non-hydrogen) atoms. The van der Waals surface area contributed by atoms with Crippen LogP contribution >= 0.6 is 0 Å². The number of hydrogen-bond donors (Lipinski definition) is 2. The van der Waals surface area contributed by atoms with Crippen molar-refractivity contribution in [2.75, 3.05) is 18.9 Å². The van der Waals surface area contributed by atoms with Gasteiger partial charge in [0.25, 0.3) is 0 Å². The first-order chi connectivity index (χ1) is 10.1. The minimum Gasteiger partial charge on any atom is -0.492 e. The Labute approximate surface area is 122 Å². The molecule has 0 radical (unpaired) electrons. The van der Waals surface area contributed by atoms with Crippen LogP contribution in [0, 0.1) is 5.82 Å². The highest BCUT2D eigenvalue weighted by Crippen LogP contribution is 2.12. The van der Waals surface area contributed by atoms with Crippen LogP contribution in [0.1, 0.15) is 5.56 Å². The summed E-state index contributed by atoms with van der Waals surface area (Å²) in [6.07, 6.45) is 0.224. The summed E-state index contributed by atoms with van der Waals surface area (Å²) in [5.74, 6) is 0.274. The van der Waals surface area contributed by atoms with Crippen LogP contribution in [0.5, 0.6) is 5.75 Å². The fourth-order valence-corrected chi connectivity index (χ4v) is 1.77. The second kappa shape index (κ2) is 7.28. The van der Waals surface area contributed by atoms with Crippen molar-refractivity contribution in [1.29, 1.82) is 0 Å². The lowest BCUT2D eigenvalue weighted by atomic mass is 10.1. The van der Waals surface area contributed by atoms with Crippen molar-refractivity contribution in [3.63, 3.8) is 0 Å². The molecule has 0 spiro atoms. The van der Waals surface area contributed by atoms with Gasteiger partial charge in [0.05, 0.1) is 13.0 Å². The Morgan fingerprint density at radius 2 is 1.76 bits per heavy atom. The highest BCUT2D eigenvalue weighted by molar-refractivity contribution is 5.78. The van der Waals surface area contributed by atoms with E-state index in [9.17, 15) is 9.18 Å². The number of nitrogens with one attached hydrogen (secondary N) is 1. The van der Waals surface area contributed by atoms with Crippen LogP contribution in [-0.4, -0.2) is 19.1 Å². The zero-order chi connectivity index (χ0) is 15.1. The summed E-state index contributed by atoms with van der Waals surface area (Å²) in [7, 11) is 0. The van der Waals surface area contributed by atoms with Crippen molar-refractivity contribution in [3.8, 4) is 5.75 Å². The maximum absolute atomic E-state index is 12.7. The molecule has 0 aliphatic heterocycles. The third kappa shape index (κ3) is 5.14. The van der Waals surface area contributed by atoms with Crippen molar-refractivity contribution in [1.82, 2.24) is 5.32 Å². The second-order valence-corrected chi connectivity index (χ2v) is 4.57. The van der Waals surface area contributed by atoms with Crippen molar-refractivity contribution < 1.29 is 13.9 Å². The number of hydrogen-bond acceptors (Lipinski definition) is 3. The van der Waals surface area contributed by atoms with E-state index in [1.165, 1.54) is 12.1 Å². The largest absolute Gasteiger partial charge is 0.492 e. The van der Waals surface area contributed by atoms with Crippen LogP contribution in [0.2, 0.25) is 0 Å². The van der Waals surface area contributed by atoms with E-state index in [1.807, 2.05) is 0 Å². The molecular formula is C16H17FN2O2. The van der Waals surface area contributed by atoms with Gasteiger partial charge in [-0.15, -0.1) is 0 Å². The fourth-order valence-electron chi connectivity index (χ4n) is 1.77. The van der Waals surface area contributed by atoms with E-state index in [1.54, 1.807) is 36.4 Å². The third-order valence-electron chi connectivity index (χ3n) is 2.85. The first-order valence-electron chi connectivity index (χ1n) is 6.63. The van der Waals surface area contributed by atoms with Crippen molar-refractivity contribution in [3.05, 3.63) is 59.9 Å². The van der Waals surface area contributed by atoms with E-state index in [2.05, 4.69) is 5.32 Å². The Morgan fingerprint density at radius 1 is 1.10 bits per heavy atom. The Balaban J connectivity index is 1.67. The summed E-state index contributed by atoms with van der Waals surface area (Å²) < 4.78 is 18.2. The molecule has 0 bridgehead atoms. The molecule has 0 aliphatic carbocycles. The third-order valence-corrected chi connectivity index (χ3v) is 2.85. The molecule has 0 fully saturated rings. The number of ether oxygens (including phenoxy) is 1. The molecule has 0 saturated heterocycles. The van der Waals surface area contributed by atoms with Crippen LogP contribution in [0.4, 0.5) is 10.1 Å². The van der Waals surface area contributed by atoms with E-state index in [0.29, 0.717) is 24.6 Å². The van der Waals surface area contributed by atoms with Crippen LogP contribution in [0.15, 0.2) is 48.5 Å². The number of nitrogens with two attached hydrogens (primary N) is 1. The highest BCUT2D eigenvalue weighted by atomic mass is 19.1. The molecule has 5 heteroatoms. The van der Waals surface area contributed by atoms with E-state index < -0.39 is 0 Å². The Morgan fingerprint density at radius 3 is 2.43 bits per heavy atom. The minimum absolute atomic E-state index is 0.123. The Kier molecular flexibility index (Phi) is 5.15. The molecule has 2 aromatic rings. The molecule has 110 valence electrons. The van der Waals surface area contributed by atoms with E-state index in [-0.39, 0.29) is 18.1 Å². The van der Waals surface area contributed by atoms with Crippen molar-refractivity contribution >= 4 is 11.6 Å². The van der Waals surface area contributed by atoms with Gasteiger partial charge in [0, 0.05) is 5.69 Å². The van der Waals surface area contributed by atoms with Gasteiger partial charge in [-0.05, 0) is 42.0 Å². The summed E-state index contributed by atoms with van der Waals surface area (Å²) in [4.78, 5) is 11.7. The zero-order valence-corrected chi connectivity index (χ0v) is 11.5. The summed E-state index contributed by atoms with van der Waals surface area (Å²) in [5, 5.41) is 2.75. The molecule has 2 aromatic carbocycles. The fraction of sp³-hybridized carbons (Fsp3) is 0.188. The number of rotatable bonds is 6. The van der Waals surface area contributed by atoms with Crippen molar-refractivity contribution in [2.45, 2.75) is 6.42 Å². The lowest BCUT2D eigenvalue weighted by Crippen LogP contribution is -2.29. The first kappa shape index (κ1) is 14.8. The Bertz CT molecular complexity index is 582. The maximum Gasteiger partial charge on any atom is 0.224 e. The standard InChI is InChI=1S/C16H17FN2O2/c17-13-3-1-12(2-4-13)11-16(20)19-9-10-21-15-7-5-14(18)6-8-15/h1-8H,9-11,18H2,(H,19,20). The SMILES string of the molecule is Nc1ccc(OCCNC(=O)Cc2ccc(F)cc2)cc1. The van der Waals surface area contributed by atoms with Crippen molar-refractivity contribution in [2.24, 2.45) is 0 Å². The van der Waals surface area contributed by atoms with Crippen LogP contribution in [0.25, 0.3) is 0 Å². The van der Waals surface area contributed by atoms with Crippen LogP contribution < -0.4 is 15.8 Å². The van der Waals surface area contributed by atoms with Gasteiger partial charge in [-0.3, -0.25) is 4.79 Å². The molecule has 0 aliphatic rings. The predicted molar refractivity (Wildman–Crippen MR) is 79.5 cm³/mol. The van der Waals surface area contributed by atoms with E-state index in [4.69, 9.17) is 10.5 Å². The van der Waals surface area contributed by atoms with Crippen LogP contribution in [-0.2, 0) is 11.2 Å². The van der Waals surface area contributed by atoms with Gasteiger partial charge in [0.1, 0.15) is 18.2 Å². The molecule has 2 rings (SSSR count). The molecule has 0 unspecified atom stereocenters. The average Bonchev–Trinajstić information content (AvgIpc) is 2.48. The number of carbonyl (C=O) groups is 1. The lowest BCUT2D eigenvalue weighted by Gasteiger charge is -2.08. The van der Waals surface area contributed by atoms with Gasteiger partial charge < -0.3 is 15.8 Å². The number of carbonyl (C=O) groups excluding carboxylic acids is 1. The number of anilines is 1. The lowest BCUT2D eigenvalue weighted by molar-refractivity contribution is -0.120. The number of nitrogen functional groups attached to an aromatic ring is 1. The molecule has 0 atom stereocenters. The molecule has 3 N–H and O–H groups in total. The topological polar surface area (TPSA) is 64.3 Å². The van der Waals surface area contributed by atoms with Gasteiger partial charge >= 0.3 is 0 Å². The molecule has 0 saturated carbocycles. The monoisotopic (exact) mass is 288 g/mol. The zero-order valence-electron chi connectivity index (χ0n) is 11.5. The van der Waals surface area contributed by atoms with E-state index in [0.717, 1.165) is 5.56 Å². The van der Waals surface area contributed by atoms with Crippen LogP contribution in [0.3, 0.4) is 0 Å². The minimum atomic E-state index is -0.309. The predicted octanol–water partition coefficient (Wildman–Crippen LogP) is 2.15. The van der Waals surface area contributed by atoms with Gasteiger partial charge in [-0.25, -0.2) is 4.39 Å². The number of halogens is 1. The summed E-state index contributed by atoms with van der Waals surface area (Å²) in [6.45, 7) is 0.781. The highest BCUT2D eigenvalue weighted by Gasteiger charge is 2.03. The quantitative estimate of drug-likeness (QED) is 0.632. The molecular weight excluding hydrogens is 271 g/mol. The summed E-state index contributed by atoms with van der Waals surface area (Å²) in [5.41, 5.74) is 7.02. The van der Waals surface area contributed by atoms with Gasteiger partial charge in [0.2, 0.25) is 5.91 Å². The van der Waals surface area contributed by atoms with Gasteiger partial charge in [-0.2, -0.15) is 0 Å². The normalized spacial score (nSPS) is 10.1. The molecule has 0 aromatic heterocycles. The van der Waals surface area contributed by atoms with Gasteiger partial charge in [-0.1, -0.05) is 12.1 Å². The summed E-state index contributed by atoms with van der Waals surface area (Å²) in [6, 6.07) is 12.9. The smallest absolute Gasteiger partial charge is 0.224 e. The molecule has 4 nitrogen and oxygen atoms in total. The van der Waals surface area contributed by atoms with Gasteiger partial charge in [0.15, 0.2) is 0 Å². The molecule has 0 heterocycles. The second-order valence-electron chi connectivity index (χ2n) is 4.57. The molecule has 1 amide bonds.